The van der Waals surface area contributed by atoms with E-state index in [1.165, 1.54) is 29.2 Å². The van der Waals surface area contributed by atoms with E-state index >= 15 is 0 Å². The monoisotopic (exact) mass is 348 g/mol. The van der Waals surface area contributed by atoms with E-state index in [1.54, 1.807) is 0 Å². The Bertz CT molecular complexity index is 677. The maximum atomic E-state index is 12.0. The summed E-state index contributed by atoms with van der Waals surface area (Å²) in [4.78, 5) is 41.3. The molecule has 25 heavy (non-hydrogen) atoms. The highest BCUT2D eigenvalue weighted by atomic mass is 16.7. The Morgan fingerprint density at radius 2 is 1.52 bits per heavy atom. The first-order chi connectivity index (χ1) is 11.9. The summed E-state index contributed by atoms with van der Waals surface area (Å²) >= 11 is 0. The summed E-state index contributed by atoms with van der Waals surface area (Å²) in [5.74, 6) is -1.35. The minimum absolute atomic E-state index is 0.145. The van der Waals surface area contributed by atoms with Crippen LogP contribution in [0.2, 0.25) is 0 Å². The molecule has 1 aromatic rings. The molecule has 8 nitrogen and oxygen atoms in total. The van der Waals surface area contributed by atoms with Gasteiger partial charge in [0.25, 0.3) is 11.8 Å². The molecule has 0 radical (unpaired) electrons. The lowest BCUT2D eigenvalue weighted by Gasteiger charge is -2.30. The Morgan fingerprint density at radius 3 is 2.08 bits per heavy atom. The number of carbonyl (C=O) groups excluding carboxylic acids is 3. The van der Waals surface area contributed by atoms with E-state index < -0.39 is 5.97 Å². The summed E-state index contributed by atoms with van der Waals surface area (Å²) in [5.41, 5.74) is 0. The van der Waals surface area contributed by atoms with Crippen molar-refractivity contribution >= 4 is 17.8 Å². The SMILES string of the molecule is O=C(CC1CCC(CN2C(=O)C=CC2=O)CC1)On1c(O)ccc1O. The highest BCUT2D eigenvalue weighted by Gasteiger charge is 2.30. The van der Waals surface area contributed by atoms with E-state index in [-0.39, 0.29) is 41.8 Å². The maximum absolute atomic E-state index is 12.0. The van der Waals surface area contributed by atoms with Gasteiger partial charge in [0.2, 0.25) is 11.8 Å². The Hall–Kier alpha value is -2.77. The molecule has 0 bridgehead atoms. The lowest BCUT2D eigenvalue weighted by Crippen LogP contribution is -2.36. The second-order valence-electron chi connectivity index (χ2n) is 6.52. The molecule has 2 N–H and O–H groups in total. The molecule has 2 amide bonds. The van der Waals surface area contributed by atoms with Crippen LogP contribution in [0.1, 0.15) is 32.1 Å². The van der Waals surface area contributed by atoms with Gasteiger partial charge in [-0.15, -0.1) is 4.73 Å². The number of carbonyl (C=O) groups is 3. The fourth-order valence-electron chi connectivity index (χ4n) is 3.36. The second kappa shape index (κ2) is 7.00. The zero-order valence-corrected chi connectivity index (χ0v) is 13.6. The molecule has 1 saturated carbocycles. The number of nitrogens with zero attached hydrogens (tertiary/aromatic N) is 2. The van der Waals surface area contributed by atoms with Crippen LogP contribution >= 0.6 is 0 Å². The van der Waals surface area contributed by atoms with E-state index in [0.29, 0.717) is 11.3 Å². The number of aromatic nitrogens is 1. The van der Waals surface area contributed by atoms with E-state index in [0.717, 1.165) is 25.7 Å². The summed E-state index contributed by atoms with van der Waals surface area (Å²) in [7, 11) is 0. The van der Waals surface area contributed by atoms with Crippen molar-refractivity contribution in [1.29, 1.82) is 0 Å². The number of rotatable bonds is 5. The summed E-state index contributed by atoms with van der Waals surface area (Å²) in [6.07, 6.45) is 6.02. The molecule has 0 unspecified atom stereocenters. The maximum Gasteiger partial charge on any atom is 0.333 e. The Morgan fingerprint density at radius 1 is 1.00 bits per heavy atom. The van der Waals surface area contributed by atoms with E-state index in [2.05, 4.69) is 0 Å². The normalized spacial score (nSPS) is 23.3. The third-order valence-corrected chi connectivity index (χ3v) is 4.75. The minimum atomic E-state index is -0.528. The minimum Gasteiger partial charge on any atom is -0.492 e. The van der Waals surface area contributed by atoms with Crippen molar-refractivity contribution in [3.8, 4) is 11.8 Å². The van der Waals surface area contributed by atoms with Crippen LogP contribution in [0, 0.1) is 11.8 Å². The molecule has 1 aromatic heterocycles. The van der Waals surface area contributed by atoms with Crippen molar-refractivity contribution in [3.05, 3.63) is 24.3 Å². The quantitative estimate of drug-likeness (QED) is 0.768. The highest BCUT2D eigenvalue weighted by molar-refractivity contribution is 6.12. The fraction of sp³-hybridized carbons (Fsp3) is 0.471. The molecule has 2 heterocycles. The highest BCUT2D eigenvalue weighted by Crippen LogP contribution is 2.32. The van der Waals surface area contributed by atoms with Gasteiger partial charge in [-0.1, -0.05) is 0 Å². The molecule has 1 fully saturated rings. The number of hydrogen-bond donors (Lipinski definition) is 2. The van der Waals surface area contributed by atoms with Gasteiger partial charge in [-0.3, -0.25) is 14.5 Å². The van der Waals surface area contributed by atoms with Gasteiger partial charge in [-0.2, -0.15) is 0 Å². The topological polar surface area (TPSA) is 109 Å². The van der Waals surface area contributed by atoms with Gasteiger partial charge in [0.05, 0.1) is 6.42 Å². The van der Waals surface area contributed by atoms with E-state index in [9.17, 15) is 24.6 Å². The first-order valence-electron chi connectivity index (χ1n) is 8.28. The lowest BCUT2D eigenvalue weighted by molar-refractivity contribution is -0.146. The van der Waals surface area contributed by atoms with Crippen molar-refractivity contribution in [2.45, 2.75) is 32.1 Å². The van der Waals surface area contributed by atoms with E-state index in [4.69, 9.17) is 4.84 Å². The Labute approximate surface area is 144 Å². The van der Waals surface area contributed by atoms with Gasteiger partial charge in [-0.25, -0.2) is 4.79 Å². The molecule has 1 aliphatic carbocycles. The zero-order valence-electron chi connectivity index (χ0n) is 13.6. The predicted molar refractivity (Wildman–Crippen MR) is 85.3 cm³/mol. The van der Waals surface area contributed by atoms with Crippen LogP contribution in [-0.4, -0.2) is 44.2 Å². The van der Waals surface area contributed by atoms with Crippen molar-refractivity contribution in [3.63, 3.8) is 0 Å². The Kier molecular flexibility index (Phi) is 4.78. The molecule has 2 aliphatic rings. The average molecular weight is 348 g/mol. The largest absolute Gasteiger partial charge is 0.492 e. The van der Waals surface area contributed by atoms with Crippen LogP contribution in [-0.2, 0) is 14.4 Å². The van der Waals surface area contributed by atoms with Gasteiger partial charge in [-0.05, 0) is 37.5 Å². The number of hydrogen-bond acceptors (Lipinski definition) is 6. The molecule has 8 heteroatoms. The van der Waals surface area contributed by atoms with Crippen molar-refractivity contribution in [2.24, 2.45) is 11.8 Å². The molecule has 0 aromatic carbocycles. The van der Waals surface area contributed by atoms with E-state index in [1.807, 2.05) is 0 Å². The molecular formula is C17H20N2O6. The number of amides is 2. The third kappa shape index (κ3) is 3.84. The van der Waals surface area contributed by atoms with Crippen LogP contribution in [0.5, 0.6) is 11.8 Å². The van der Waals surface area contributed by atoms with Crippen molar-refractivity contribution in [2.75, 3.05) is 6.54 Å². The Balaban J connectivity index is 1.44. The second-order valence-corrected chi connectivity index (χ2v) is 6.52. The van der Waals surface area contributed by atoms with Crippen molar-refractivity contribution in [1.82, 2.24) is 9.63 Å². The third-order valence-electron chi connectivity index (χ3n) is 4.75. The molecule has 3 rings (SSSR count). The van der Waals surface area contributed by atoms with Crippen molar-refractivity contribution < 1.29 is 29.4 Å². The first-order valence-corrected chi connectivity index (χ1v) is 8.28. The summed E-state index contributed by atoms with van der Waals surface area (Å²) in [5, 5.41) is 18.9. The molecule has 1 aliphatic heterocycles. The molecule has 0 atom stereocenters. The van der Waals surface area contributed by atoms with Gasteiger partial charge in [0.1, 0.15) is 0 Å². The van der Waals surface area contributed by atoms with Gasteiger partial charge < -0.3 is 15.1 Å². The van der Waals surface area contributed by atoms with Gasteiger partial charge >= 0.3 is 5.97 Å². The lowest BCUT2D eigenvalue weighted by atomic mass is 9.80. The summed E-state index contributed by atoms with van der Waals surface area (Å²) < 4.78 is 0.686. The van der Waals surface area contributed by atoms with Crippen LogP contribution < -0.4 is 4.84 Å². The molecular weight excluding hydrogens is 328 g/mol. The zero-order chi connectivity index (χ0) is 18.0. The summed E-state index contributed by atoms with van der Waals surface area (Å²) in [6.45, 7) is 0.424. The van der Waals surface area contributed by atoms with Gasteiger partial charge in [0.15, 0.2) is 0 Å². The smallest absolute Gasteiger partial charge is 0.333 e. The first kappa shape index (κ1) is 17.1. The molecule has 0 saturated heterocycles. The van der Waals surface area contributed by atoms with Crippen LogP contribution in [0.15, 0.2) is 24.3 Å². The van der Waals surface area contributed by atoms with Gasteiger partial charge in [0, 0.05) is 30.8 Å². The average Bonchev–Trinajstić information content (AvgIpc) is 3.06. The van der Waals surface area contributed by atoms with Crippen LogP contribution in [0.3, 0.4) is 0 Å². The molecule has 0 spiro atoms. The van der Waals surface area contributed by atoms with Crippen LogP contribution in [0.4, 0.5) is 0 Å². The molecule has 134 valence electrons. The summed E-state index contributed by atoms with van der Waals surface area (Å²) in [6, 6.07) is 2.45. The predicted octanol–water partition coefficient (Wildman–Crippen LogP) is 0.976. The number of imide groups is 1. The van der Waals surface area contributed by atoms with Crippen LogP contribution in [0.25, 0.3) is 0 Å². The fourth-order valence-corrected chi connectivity index (χ4v) is 3.36. The standard InChI is InChI=1S/C17H20N2O6/c20-13-5-6-14(21)18(13)10-12-3-1-11(2-4-12)9-17(24)25-19-15(22)7-8-16(19)23/h5-8,11-12,22-23H,1-4,9-10H2. The number of aromatic hydroxyl groups is 2.